The zero-order chi connectivity index (χ0) is 6.69. The minimum absolute atomic E-state index is 0.372. The first-order valence-corrected chi connectivity index (χ1v) is 4.05. The molecule has 1 fully saturated rings. The molecule has 1 saturated carbocycles. The van der Waals surface area contributed by atoms with Crippen molar-refractivity contribution in [3.8, 4) is 0 Å². The van der Waals surface area contributed by atoms with Crippen molar-refractivity contribution >= 4 is 11.6 Å². The zero-order valence-electron chi connectivity index (χ0n) is 5.65. The summed E-state index contributed by atoms with van der Waals surface area (Å²) < 4.78 is 0. The van der Waals surface area contributed by atoms with Crippen molar-refractivity contribution in [2.45, 2.75) is 31.1 Å². The van der Waals surface area contributed by atoms with Crippen molar-refractivity contribution in [3.05, 3.63) is 12.7 Å². The molecule has 0 aromatic carbocycles. The fourth-order valence-electron chi connectivity index (χ4n) is 1.38. The molecular formula is C8H13Cl. The van der Waals surface area contributed by atoms with Crippen molar-refractivity contribution < 1.29 is 0 Å². The first-order chi connectivity index (χ1) is 4.34. The Hall–Kier alpha value is 0.0300. The lowest BCUT2D eigenvalue weighted by molar-refractivity contribution is 0.427. The summed E-state index contributed by atoms with van der Waals surface area (Å²) in [7, 11) is 0. The van der Waals surface area contributed by atoms with E-state index in [0.29, 0.717) is 11.3 Å². The quantitative estimate of drug-likeness (QED) is 0.392. The molecule has 1 heteroatoms. The Balaban J connectivity index is 2.38. The third kappa shape index (κ3) is 1.72. The second-order valence-corrected chi connectivity index (χ2v) is 3.26. The van der Waals surface area contributed by atoms with Gasteiger partial charge in [0.1, 0.15) is 0 Å². The van der Waals surface area contributed by atoms with Crippen molar-refractivity contribution in [2.24, 2.45) is 5.92 Å². The van der Waals surface area contributed by atoms with Gasteiger partial charge in [-0.1, -0.05) is 18.9 Å². The maximum absolute atomic E-state index is 6.01. The van der Waals surface area contributed by atoms with E-state index < -0.39 is 0 Å². The van der Waals surface area contributed by atoms with Crippen molar-refractivity contribution in [1.82, 2.24) is 0 Å². The number of rotatable bonds is 1. The molecule has 0 amide bonds. The molecule has 9 heavy (non-hydrogen) atoms. The molecule has 1 aliphatic carbocycles. The van der Waals surface area contributed by atoms with Crippen LogP contribution < -0.4 is 0 Å². The molecule has 0 spiro atoms. The van der Waals surface area contributed by atoms with E-state index in [1.54, 1.807) is 0 Å². The van der Waals surface area contributed by atoms with E-state index in [9.17, 15) is 0 Å². The normalized spacial score (nSPS) is 36.1. The molecule has 0 aromatic rings. The Morgan fingerprint density at radius 1 is 1.33 bits per heavy atom. The molecule has 0 aliphatic heterocycles. The molecule has 2 unspecified atom stereocenters. The monoisotopic (exact) mass is 144 g/mol. The van der Waals surface area contributed by atoms with Crippen LogP contribution in [-0.4, -0.2) is 5.38 Å². The van der Waals surface area contributed by atoms with Crippen LogP contribution in [-0.2, 0) is 0 Å². The summed E-state index contributed by atoms with van der Waals surface area (Å²) in [6.45, 7) is 3.75. The highest BCUT2D eigenvalue weighted by molar-refractivity contribution is 6.20. The van der Waals surface area contributed by atoms with Gasteiger partial charge in [-0.2, -0.15) is 0 Å². The van der Waals surface area contributed by atoms with Crippen LogP contribution in [0.25, 0.3) is 0 Å². The standard InChI is InChI=1S/C8H13Cl/c1-2-7-5-3-4-6-8(7)9/h2,7-8H,1,3-6H2. The SMILES string of the molecule is C=CC1CCCCC1Cl. The van der Waals surface area contributed by atoms with Gasteiger partial charge in [0.15, 0.2) is 0 Å². The second-order valence-electron chi connectivity index (χ2n) is 2.70. The van der Waals surface area contributed by atoms with E-state index in [1.165, 1.54) is 25.7 Å². The highest BCUT2D eigenvalue weighted by atomic mass is 35.5. The third-order valence-corrected chi connectivity index (χ3v) is 2.58. The van der Waals surface area contributed by atoms with Crippen LogP contribution in [0.5, 0.6) is 0 Å². The van der Waals surface area contributed by atoms with Crippen molar-refractivity contribution in [3.63, 3.8) is 0 Å². The van der Waals surface area contributed by atoms with Crippen molar-refractivity contribution in [1.29, 1.82) is 0 Å². The van der Waals surface area contributed by atoms with Gasteiger partial charge in [-0.05, 0) is 18.8 Å². The first kappa shape index (κ1) is 7.14. The molecule has 0 saturated heterocycles. The average Bonchev–Trinajstić information content (AvgIpc) is 1.89. The molecule has 1 aliphatic rings. The molecule has 0 radical (unpaired) electrons. The van der Waals surface area contributed by atoms with Gasteiger partial charge in [-0.3, -0.25) is 0 Å². The fraction of sp³-hybridized carbons (Fsp3) is 0.750. The Kier molecular flexibility index (Phi) is 2.59. The zero-order valence-corrected chi connectivity index (χ0v) is 6.40. The largest absolute Gasteiger partial charge is 0.122 e. The highest BCUT2D eigenvalue weighted by Gasteiger charge is 2.19. The maximum atomic E-state index is 6.01. The lowest BCUT2D eigenvalue weighted by Gasteiger charge is -2.23. The Bertz CT molecular complexity index is 98.7. The van der Waals surface area contributed by atoms with Crippen LogP contribution in [0.3, 0.4) is 0 Å². The van der Waals surface area contributed by atoms with E-state index in [4.69, 9.17) is 11.6 Å². The molecule has 52 valence electrons. The molecule has 0 heterocycles. The molecule has 0 N–H and O–H groups in total. The number of allylic oxidation sites excluding steroid dienone is 1. The maximum Gasteiger partial charge on any atom is 0.0398 e. The first-order valence-electron chi connectivity index (χ1n) is 3.61. The Morgan fingerprint density at radius 2 is 2.00 bits per heavy atom. The number of hydrogen-bond donors (Lipinski definition) is 0. The summed E-state index contributed by atoms with van der Waals surface area (Å²) in [5.74, 6) is 0.584. The topological polar surface area (TPSA) is 0 Å². The van der Waals surface area contributed by atoms with Gasteiger partial charge in [0, 0.05) is 5.38 Å². The molecule has 0 nitrogen and oxygen atoms in total. The summed E-state index contributed by atoms with van der Waals surface area (Å²) in [5.41, 5.74) is 0. The number of alkyl halides is 1. The lowest BCUT2D eigenvalue weighted by Crippen LogP contribution is -2.16. The Morgan fingerprint density at radius 3 is 2.44 bits per heavy atom. The van der Waals surface area contributed by atoms with E-state index in [1.807, 2.05) is 6.08 Å². The minimum atomic E-state index is 0.372. The van der Waals surface area contributed by atoms with Crippen LogP contribution >= 0.6 is 11.6 Å². The van der Waals surface area contributed by atoms with Crippen LogP contribution in [0, 0.1) is 5.92 Å². The van der Waals surface area contributed by atoms with Crippen LogP contribution in [0.1, 0.15) is 25.7 Å². The number of hydrogen-bond acceptors (Lipinski definition) is 0. The van der Waals surface area contributed by atoms with Crippen LogP contribution in [0.2, 0.25) is 0 Å². The predicted molar refractivity (Wildman–Crippen MR) is 41.8 cm³/mol. The molecular weight excluding hydrogens is 132 g/mol. The number of halogens is 1. The smallest absolute Gasteiger partial charge is 0.0398 e. The van der Waals surface area contributed by atoms with Crippen LogP contribution in [0.15, 0.2) is 12.7 Å². The molecule has 2 atom stereocenters. The predicted octanol–water partition coefficient (Wildman–Crippen LogP) is 2.97. The van der Waals surface area contributed by atoms with Gasteiger partial charge in [-0.25, -0.2) is 0 Å². The Labute approximate surface area is 61.9 Å². The van der Waals surface area contributed by atoms with Gasteiger partial charge >= 0.3 is 0 Å². The van der Waals surface area contributed by atoms with Gasteiger partial charge in [0.05, 0.1) is 0 Å². The van der Waals surface area contributed by atoms with Gasteiger partial charge in [0.2, 0.25) is 0 Å². The summed E-state index contributed by atoms with van der Waals surface area (Å²) in [6, 6.07) is 0. The molecule has 0 bridgehead atoms. The summed E-state index contributed by atoms with van der Waals surface area (Å²) in [5, 5.41) is 0.372. The molecule has 0 aromatic heterocycles. The van der Waals surface area contributed by atoms with Crippen molar-refractivity contribution in [2.75, 3.05) is 0 Å². The summed E-state index contributed by atoms with van der Waals surface area (Å²) >= 11 is 6.01. The van der Waals surface area contributed by atoms with E-state index >= 15 is 0 Å². The molecule has 1 rings (SSSR count). The van der Waals surface area contributed by atoms with E-state index in [2.05, 4.69) is 6.58 Å². The lowest BCUT2D eigenvalue weighted by atomic mass is 9.89. The summed E-state index contributed by atoms with van der Waals surface area (Å²) in [6.07, 6.45) is 7.06. The summed E-state index contributed by atoms with van der Waals surface area (Å²) in [4.78, 5) is 0. The highest BCUT2D eigenvalue weighted by Crippen LogP contribution is 2.28. The minimum Gasteiger partial charge on any atom is -0.122 e. The van der Waals surface area contributed by atoms with E-state index in [-0.39, 0.29) is 0 Å². The van der Waals surface area contributed by atoms with E-state index in [0.717, 1.165) is 0 Å². The third-order valence-electron chi connectivity index (χ3n) is 2.03. The average molecular weight is 145 g/mol. The second kappa shape index (κ2) is 3.26. The van der Waals surface area contributed by atoms with Gasteiger partial charge in [0.25, 0.3) is 0 Å². The van der Waals surface area contributed by atoms with Crippen LogP contribution in [0.4, 0.5) is 0 Å². The van der Waals surface area contributed by atoms with Gasteiger partial charge in [-0.15, -0.1) is 18.2 Å². The fourth-order valence-corrected chi connectivity index (χ4v) is 1.76. The van der Waals surface area contributed by atoms with Gasteiger partial charge < -0.3 is 0 Å².